The largest absolute Gasteiger partial charge is 0.330 e. The molecule has 0 saturated carbocycles. The standard InChI is InChI=1S/C20H18FNOS2/c21-15-6-3-14(4-7-15)5-8-19(23)22-11-9-17-16(10-13-25-17)20(22)18-2-1-12-24-18/h1-4,6-7,10,12-13,20H,5,8-9,11H2/t20-/m0/s1. The van der Waals surface area contributed by atoms with E-state index in [2.05, 4.69) is 22.9 Å². The van der Waals surface area contributed by atoms with E-state index in [0.717, 1.165) is 18.5 Å². The van der Waals surface area contributed by atoms with Crippen LogP contribution in [0.4, 0.5) is 4.39 Å². The van der Waals surface area contributed by atoms with Crippen molar-refractivity contribution in [3.05, 3.63) is 79.9 Å². The smallest absolute Gasteiger partial charge is 0.223 e. The SMILES string of the molecule is O=C(CCc1ccc(F)cc1)N1CCc2sccc2[C@H]1c1cccs1. The van der Waals surface area contributed by atoms with Crippen LogP contribution in [0.5, 0.6) is 0 Å². The van der Waals surface area contributed by atoms with Gasteiger partial charge in [0.25, 0.3) is 0 Å². The summed E-state index contributed by atoms with van der Waals surface area (Å²) in [5.74, 6) is -0.0755. The van der Waals surface area contributed by atoms with Crippen molar-refractivity contribution in [2.24, 2.45) is 0 Å². The van der Waals surface area contributed by atoms with Gasteiger partial charge in [-0.1, -0.05) is 18.2 Å². The van der Waals surface area contributed by atoms with E-state index < -0.39 is 0 Å². The molecule has 2 nitrogen and oxygen atoms in total. The highest BCUT2D eigenvalue weighted by molar-refractivity contribution is 7.10. The van der Waals surface area contributed by atoms with Gasteiger partial charge in [0.2, 0.25) is 5.91 Å². The van der Waals surface area contributed by atoms with E-state index in [9.17, 15) is 9.18 Å². The summed E-state index contributed by atoms with van der Waals surface area (Å²) in [6, 6.07) is 12.8. The van der Waals surface area contributed by atoms with Crippen LogP contribution in [0.2, 0.25) is 0 Å². The fourth-order valence-electron chi connectivity index (χ4n) is 3.38. The van der Waals surface area contributed by atoms with Crippen LogP contribution in [0.3, 0.4) is 0 Å². The average molecular weight is 372 g/mol. The topological polar surface area (TPSA) is 20.3 Å². The molecule has 4 rings (SSSR count). The van der Waals surface area contributed by atoms with E-state index in [1.54, 1.807) is 34.8 Å². The summed E-state index contributed by atoms with van der Waals surface area (Å²) in [7, 11) is 0. The van der Waals surface area contributed by atoms with E-state index in [0.29, 0.717) is 12.8 Å². The molecule has 0 N–H and O–H groups in total. The Morgan fingerprint density at radius 3 is 2.72 bits per heavy atom. The summed E-state index contributed by atoms with van der Waals surface area (Å²) in [6.07, 6.45) is 2.02. The Bertz CT molecular complexity index is 854. The lowest BCUT2D eigenvalue weighted by Gasteiger charge is -2.35. The molecular weight excluding hydrogens is 353 g/mol. The molecule has 0 unspecified atom stereocenters. The number of thiophene rings is 2. The van der Waals surface area contributed by atoms with E-state index in [1.807, 2.05) is 11.0 Å². The first-order chi connectivity index (χ1) is 12.2. The Hall–Kier alpha value is -1.98. The van der Waals surface area contributed by atoms with Gasteiger partial charge >= 0.3 is 0 Å². The number of benzene rings is 1. The second-order valence-electron chi connectivity index (χ2n) is 6.18. The van der Waals surface area contributed by atoms with Crippen molar-refractivity contribution in [1.29, 1.82) is 0 Å². The number of fused-ring (bicyclic) bond motifs is 1. The van der Waals surface area contributed by atoms with Crippen molar-refractivity contribution in [2.45, 2.75) is 25.3 Å². The molecule has 1 aliphatic heterocycles. The fraction of sp³-hybridized carbons (Fsp3) is 0.250. The molecule has 0 saturated heterocycles. The molecule has 1 aliphatic rings. The number of hydrogen-bond donors (Lipinski definition) is 0. The van der Waals surface area contributed by atoms with Gasteiger partial charge in [-0.2, -0.15) is 0 Å². The van der Waals surface area contributed by atoms with E-state index in [4.69, 9.17) is 0 Å². The van der Waals surface area contributed by atoms with Crippen molar-refractivity contribution in [3.63, 3.8) is 0 Å². The van der Waals surface area contributed by atoms with E-state index in [-0.39, 0.29) is 17.8 Å². The Labute approximate surface area is 154 Å². The molecule has 25 heavy (non-hydrogen) atoms. The van der Waals surface area contributed by atoms with Crippen LogP contribution in [0.15, 0.2) is 53.2 Å². The highest BCUT2D eigenvalue weighted by Gasteiger charge is 2.32. The lowest BCUT2D eigenvalue weighted by molar-refractivity contribution is -0.133. The zero-order chi connectivity index (χ0) is 17.2. The van der Waals surface area contributed by atoms with Gasteiger partial charge in [-0.3, -0.25) is 4.79 Å². The summed E-state index contributed by atoms with van der Waals surface area (Å²) in [6.45, 7) is 0.762. The highest BCUT2D eigenvalue weighted by Crippen LogP contribution is 2.39. The van der Waals surface area contributed by atoms with Crippen LogP contribution >= 0.6 is 22.7 Å². The summed E-state index contributed by atoms with van der Waals surface area (Å²) < 4.78 is 13.0. The molecular formula is C20H18FNOS2. The minimum Gasteiger partial charge on any atom is -0.330 e. The normalized spacial score (nSPS) is 16.7. The molecule has 128 valence electrons. The minimum atomic E-state index is -0.242. The van der Waals surface area contributed by atoms with Gasteiger partial charge in [0.05, 0.1) is 6.04 Å². The Kier molecular flexibility index (Phi) is 4.68. The fourth-order valence-corrected chi connectivity index (χ4v) is 5.14. The lowest BCUT2D eigenvalue weighted by atomic mass is 9.97. The van der Waals surface area contributed by atoms with Crippen LogP contribution in [0.25, 0.3) is 0 Å². The molecule has 0 fully saturated rings. The minimum absolute atomic E-state index is 0.0377. The first kappa shape index (κ1) is 16.5. The summed E-state index contributed by atoms with van der Waals surface area (Å²) in [4.78, 5) is 17.6. The first-order valence-electron chi connectivity index (χ1n) is 8.36. The van der Waals surface area contributed by atoms with Crippen LogP contribution in [0.1, 0.15) is 33.3 Å². The maximum atomic E-state index is 13.0. The number of aryl methyl sites for hydroxylation is 1. The van der Waals surface area contributed by atoms with Crippen LogP contribution in [-0.2, 0) is 17.6 Å². The van der Waals surface area contributed by atoms with Crippen molar-refractivity contribution in [1.82, 2.24) is 4.90 Å². The predicted octanol–water partition coefficient (Wildman–Crippen LogP) is 5.06. The Balaban J connectivity index is 1.53. The van der Waals surface area contributed by atoms with Gasteiger partial charge in [0, 0.05) is 22.7 Å². The monoisotopic (exact) mass is 371 g/mol. The van der Waals surface area contributed by atoms with Gasteiger partial charge in [-0.05, 0) is 59.0 Å². The number of nitrogens with zero attached hydrogens (tertiary/aromatic N) is 1. The quantitative estimate of drug-likeness (QED) is 0.628. The molecule has 5 heteroatoms. The first-order valence-corrected chi connectivity index (χ1v) is 10.1. The number of halogens is 1. The Morgan fingerprint density at radius 1 is 1.12 bits per heavy atom. The molecule has 1 amide bonds. The average Bonchev–Trinajstić information content (AvgIpc) is 3.31. The summed E-state index contributed by atoms with van der Waals surface area (Å²) in [5, 5.41) is 4.19. The van der Waals surface area contributed by atoms with Gasteiger partial charge in [0.15, 0.2) is 0 Å². The highest BCUT2D eigenvalue weighted by atomic mass is 32.1. The van der Waals surface area contributed by atoms with Crippen molar-refractivity contribution < 1.29 is 9.18 Å². The third-order valence-electron chi connectivity index (χ3n) is 4.64. The maximum absolute atomic E-state index is 13.0. The van der Waals surface area contributed by atoms with Gasteiger partial charge in [-0.25, -0.2) is 4.39 Å². The van der Waals surface area contributed by atoms with Crippen LogP contribution in [-0.4, -0.2) is 17.4 Å². The molecule has 0 spiro atoms. The van der Waals surface area contributed by atoms with Gasteiger partial charge in [-0.15, -0.1) is 22.7 Å². The third kappa shape index (κ3) is 3.39. The molecule has 3 aromatic rings. The molecule has 0 bridgehead atoms. The lowest BCUT2D eigenvalue weighted by Crippen LogP contribution is -2.39. The molecule has 2 aromatic heterocycles. The van der Waals surface area contributed by atoms with Gasteiger partial charge < -0.3 is 4.90 Å². The van der Waals surface area contributed by atoms with Crippen molar-refractivity contribution in [2.75, 3.05) is 6.54 Å². The number of carbonyl (C=O) groups is 1. The molecule has 0 radical (unpaired) electrons. The molecule has 0 aliphatic carbocycles. The molecule has 1 aromatic carbocycles. The second-order valence-corrected chi connectivity index (χ2v) is 8.16. The predicted molar refractivity (Wildman–Crippen MR) is 101 cm³/mol. The molecule has 3 heterocycles. The summed E-state index contributed by atoms with van der Waals surface area (Å²) in [5.41, 5.74) is 2.27. The van der Waals surface area contributed by atoms with Crippen LogP contribution in [0, 0.1) is 5.82 Å². The van der Waals surface area contributed by atoms with E-state index in [1.165, 1.54) is 27.5 Å². The third-order valence-corrected chi connectivity index (χ3v) is 6.56. The van der Waals surface area contributed by atoms with Crippen LogP contribution < -0.4 is 0 Å². The molecule has 1 atom stereocenters. The van der Waals surface area contributed by atoms with Gasteiger partial charge in [0.1, 0.15) is 5.82 Å². The summed E-state index contributed by atoms with van der Waals surface area (Å²) >= 11 is 3.49. The number of hydrogen-bond acceptors (Lipinski definition) is 3. The zero-order valence-electron chi connectivity index (χ0n) is 13.7. The number of rotatable bonds is 4. The number of carbonyl (C=O) groups excluding carboxylic acids is 1. The second kappa shape index (κ2) is 7.10. The van der Waals surface area contributed by atoms with Crippen molar-refractivity contribution in [3.8, 4) is 0 Å². The zero-order valence-corrected chi connectivity index (χ0v) is 15.3. The Morgan fingerprint density at radius 2 is 1.96 bits per heavy atom. The van der Waals surface area contributed by atoms with Crippen molar-refractivity contribution >= 4 is 28.6 Å². The number of amides is 1. The maximum Gasteiger partial charge on any atom is 0.223 e. The van der Waals surface area contributed by atoms with E-state index >= 15 is 0 Å².